The van der Waals surface area contributed by atoms with Gasteiger partial charge >= 0.3 is 0 Å². The summed E-state index contributed by atoms with van der Waals surface area (Å²) in [5.41, 5.74) is 5.33. The van der Waals surface area contributed by atoms with Gasteiger partial charge in [0.25, 0.3) is 0 Å². The van der Waals surface area contributed by atoms with E-state index in [1.54, 1.807) is 7.11 Å². The van der Waals surface area contributed by atoms with Crippen molar-refractivity contribution in [2.75, 3.05) is 7.11 Å². The fourth-order valence-electron chi connectivity index (χ4n) is 2.26. The Morgan fingerprint density at radius 3 is 2.56 bits per heavy atom. The van der Waals surface area contributed by atoms with Crippen LogP contribution >= 0.6 is 0 Å². The van der Waals surface area contributed by atoms with Crippen LogP contribution in [0.4, 0.5) is 0 Å². The monoisotopic (exact) mass is 228 g/mol. The molecule has 2 atom stereocenters. The molecule has 0 radical (unpaired) electrons. The van der Waals surface area contributed by atoms with Crippen molar-refractivity contribution in [1.82, 2.24) is 5.32 Å². The zero-order valence-corrected chi connectivity index (χ0v) is 10.6. The van der Waals surface area contributed by atoms with E-state index in [2.05, 4.69) is 5.32 Å². The van der Waals surface area contributed by atoms with Crippen LogP contribution in [0.25, 0.3) is 0 Å². The van der Waals surface area contributed by atoms with Crippen LogP contribution in [0.5, 0.6) is 0 Å². The lowest BCUT2D eigenvalue weighted by molar-refractivity contribution is -0.128. The molecule has 0 heterocycles. The van der Waals surface area contributed by atoms with E-state index in [4.69, 9.17) is 10.5 Å². The molecule has 1 fully saturated rings. The average molecular weight is 228 g/mol. The number of nitrogens with two attached hydrogens (primary N) is 1. The Kier molecular flexibility index (Phi) is 4.74. The summed E-state index contributed by atoms with van der Waals surface area (Å²) in [6.45, 7) is 3.90. The quantitative estimate of drug-likeness (QED) is 0.743. The number of hydrogen-bond acceptors (Lipinski definition) is 3. The van der Waals surface area contributed by atoms with Crippen LogP contribution < -0.4 is 11.1 Å². The van der Waals surface area contributed by atoms with Crippen molar-refractivity contribution in [3.8, 4) is 0 Å². The molecule has 0 spiro atoms. The van der Waals surface area contributed by atoms with Crippen LogP contribution in [0.3, 0.4) is 0 Å². The summed E-state index contributed by atoms with van der Waals surface area (Å²) in [6.07, 6.45) is 4.62. The molecule has 4 heteroatoms. The normalized spacial score (nSPS) is 25.8. The van der Waals surface area contributed by atoms with Gasteiger partial charge in [0.05, 0.1) is 17.7 Å². The third-order valence-electron chi connectivity index (χ3n) is 3.79. The van der Waals surface area contributed by atoms with E-state index in [0.717, 1.165) is 19.3 Å². The van der Waals surface area contributed by atoms with Crippen molar-refractivity contribution in [2.45, 2.75) is 63.6 Å². The fraction of sp³-hybridized carbons (Fsp3) is 0.917. The average Bonchev–Trinajstić information content (AvgIpc) is 2.75. The number of methoxy groups -OCH3 is 1. The lowest BCUT2D eigenvalue weighted by Crippen LogP contribution is -2.56. The summed E-state index contributed by atoms with van der Waals surface area (Å²) >= 11 is 0. The van der Waals surface area contributed by atoms with Gasteiger partial charge in [-0.1, -0.05) is 13.8 Å². The Morgan fingerprint density at radius 2 is 2.06 bits per heavy atom. The summed E-state index contributed by atoms with van der Waals surface area (Å²) in [4.78, 5) is 12.1. The number of carbonyl (C=O) groups is 1. The SMILES string of the molecule is CCC(N)(CC)C(=O)NC1CCCC1OC. The summed E-state index contributed by atoms with van der Waals surface area (Å²) < 4.78 is 5.35. The van der Waals surface area contributed by atoms with E-state index in [9.17, 15) is 4.79 Å². The van der Waals surface area contributed by atoms with Crippen LogP contribution in [-0.4, -0.2) is 30.7 Å². The summed E-state index contributed by atoms with van der Waals surface area (Å²) in [6, 6.07) is 0.138. The largest absolute Gasteiger partial charge is 0.379 e. The third-order valence-corrected chi connectivity index (χ3v) is 3.79. The molecule has 16 heavy (non-hydrogen) atoms. The highest BCUT2D eigenvalue weighted by molar-refractivity contribution is 5.86. The second-order valence-electron chi connectivity index (χ2n) is 4.65. The molecule has 1 saturated carbocycles. The number of hydrogen-bond donors (Lipinski definition) is 2. The summed E-state index contributed by atoms with van der Waals surface area (Å²) in [5.74, 6) is -0.0357. The van der Waals surface area contributed by atoms with Gasteiger partial charge in [0, 0.05) is 7.11 Å². The van der Waals surface area contributed by atoms with Gasteiger partial charge in [0.1, 0.15) is 0 Å². The van der Waals surface area contributed by atoms with Gasteiger partial charge in [-0.15, -0.1) is 0 Å². The molecule has 3 N–H and O–H groups in total. The number of rotatable bonds is 5. The van der Waals surface area contributed by atoms with Gasteiger partial charge < -0.3 is 15.8 Å². The van der Waals surface area contributed by atoms with Crippen LogP contribution in [0.2, 0.25) is 0 Å². The minimum Gasteiger partial charge on any atom is -0.379 e. The first kappa shape index (κ1) is 13.5. The number of amides is 1. The lowest BCUT2D eigenvalue weighted by atomic mass is 9.92. The van der Waals surface area contributed by atoms with Gasteiger partial charge in [-0.2, -0.15) is 0 Å². The van der Waals surface area contributed by atoms with E-state index < -0.39 is 5.54 Å². The third kappa shape index (κ3) is 2.74. The highest BCUT2D eigenvalue weighted by atomic mass is 16.5. The minimum absolute atomic E-state index is 0.0357. The molecule has 1 rings (SSSR count). The number of nitrogens with one attached hydrogen (secondary N) is 1. The zero-order chi connectivity index (χ0) is 12.2. The van der Waals surface area contributed by atoms with Gasteiger partial charge in [-0.05, 0) is 32.1 Å². The molecule has 1 aliphatic carbocycles. The highest BCUT2D eigenvalue weighted by Crippen LogP contribution is 2.22. The van der Waals surface area contributed by atoms with Crippen molar-refractivity contribution in [1.29, 1.82) is 0 Å². The minimum atomic E-state index is -0.721. The molecule has 0 aromatic carbocycles. The zero-order valence-electron chi connectivity index (χ0n) is 10.6. The topological polar surface area (TPSA) is 64.4 Å². The predicted molar refractivity (Wildman–Crippen MR) is 64.1 cm³/mol. The Labute approximate surface area is 97.9 Å². The summed E-state index contributed by atoms with van der Waals surface area (Å²) in [7, 11) is 1.70. The maximum Gasteiger partial charge on any atom is 0.240 e. The van der Waals surface area contributed by atoms with Crippen molar-refractivity contribution < 1.29 is 9.53 Å². The number of carbonyl (C=O) groups excluding carboxylic acids is 1. The molecule has 0 bridgehead atoms. The van der Waals surface area contributed by atoms with Gasteiger partial charge in [0.2, 0.25) is 5.91 Å². The van der Waals surface area contributed by atoms with Crippen LogP contribution in [0, 0.1) is 0 Å². The second kappa shape index (κ2) is 5.64. The first-order valence-corrected chi connectivity index (χ1v) is 6.20. The molecule has 2 unspecified atom stereocenters. The Morgan fingerprint density at radius 1 is 1.44 bits per heavy atom. The predicted octanol–water partition coefficient (Wildman–Crippen LogP) is 1.19. The highest BCUT2D eigenvalue weighted by Gasteiger charge is 2.35. The second-order valence-corrected chi connectivity index (χ2v) is 4.65. The molecule has 0 aromatic rings. The first-order valence-electron chi connectivity index (χ1n) is 6.20. The molecular formula is C12H24N2O2. The van der Waals surface area contributed by atoms with Gasteiger partial charge in [0.15, 0.2) is 0 Å². The van der Waals surface area contributed by atoms with E-state index >= 15 is 0 Å². The molecule has 94 valence electrons. The molecular weight excluding hydrogens is 204 g/mol. The summed E-state index contributed by atoms with van der Waals surface area (Å²) in [5, 5.41) is 3.03. The van der Waals surface area contributed by atoms with Crippen molar-refractivity contribution in [2.24, 2.45) is 5.73 Å². The Hall–Kier alpha value is -0.610. The van der Waals surface area contributed by atoms with E-state index in [0.29, 0.717) is 12.8 Å². The molecule has 4 nitrogen and oxygen atoms in total. The Bertz CT molecular complexity index is 239. The maximum atomic E-state index is 12.1. The maximum absolute atomic E-state index is 12.1. The number of ether oxygens (including phenoxy) is 1. The Balaban J connectivity index is 2.56. The van der Waals surface area contributed by atoms with E-state index in [1.807, 2.05) is 13.8 Å². The molecule has 0 aliphatic heterocycles. The van der Waals surface area contributed by atoms with Crippen molar-refractivity contribution >= 4 is 5.91 Å². The standard InChI is InChI=1S/C12H24N2O2/c1-4-12(13,5-2)11(15)14-9-7-6-8-10(9)16-3/h9-10H,4-8,13H2,1-3H3,(H,14,15). The van der Waals surface area contributed by atoms with E-state index in [-0.39, 0.29) is 18.1 Å². The first-order chi connectivity index (χ1) is 7.57. The molecule has 0 saturated heterocycles. The fourth-order valence-corrected chi connectivity index (χ4v) is 2.26. The van der Waals surface area contributed by atoms with Gasteiger partial charge in [-0.3, -0.25) is 4.79 Å². The smallest absolute Gasteiger partial charge is 0.240 e. The van der Waals surface area contributed by atoms with Gasteiger partial charge in [-0.25, -0.2) is 0 Å². The van der Waals surface area contributed by atoms with Crippen LogP contribution in [-0.2, 0) is 9.53 Å². The van der Waals surface area contributed by atoms with Crippen LogP contribution in [0.1, 0.15) is 46.0 Å². The van der Waals surface area contributed by atoms with Crippen molar-refractivity contribution in [3.63, 3.8) is 0 Å². The van der Waals surface area contributed by atoms with Crippen LogP contribution in [0.15, 0.2) is 0 Å². The molecule has 0 aromatic heterocycles. The molecule has 1 aliphatic rings. The lowest BCUT2D eigenvalue weighted by Gasteiger charge is -2.29. The van der Waals surface area contributed by atoms with Crippen molar-refractivity contribution in [3.05, 3.63) is 0 Å². The molecule has 1 amide bonds. The van der Waals surface area contributed by atoms with E-state index in [1.165, 1.54) is 0 Å².